The van der Waals surface area contributed by atoms with Gasteiger partial charge in [-0.2, -0.15) is 0 Å². The van der Waals surface area contributed by atoms with Gasteiger partial charge in [-0.15, -0.1) is 0 Å². The van der Waals surface area contributed by atoms with E-state index in [4.69, 9.17) is 28.2 Å². The summed E-state index contributed by atoms with van der Waals surface area (Å²) >= 11 is 0. The van der Waals surface area contributed by atoms with Crippen LogP contribution in [0.25, 0.3) is 0 Å². The Labute approximate surface area is 657 Å². The fourth-order valence-corrected chi connectivity index (χ4v) is 15.1. The van der Waals surface area contributed by atoms with E-state index in [1.807, 2.05) is 0 Å². The first-order valence-corrected chi connectivity index (χ1v) is 46.9. The van der Waals surface area contributed by atoms with E-state index in [-0.39, 0.29) is 19.3 Å². The molecule has 2 unspecified atom stereocenters. The molecule has 1 heterocycles. The third-order valence-corrected chi connectivity index (χ3v) is 22.1. The monoisotopic (exact) mass is 1550 g/mol. The summed E-state index contributed by atoms with van der Waals surface area (Å²) in [6, 6.07) is -4.75. The van der Waals surface area contributed by atoms with Crippen molar-refractivity contribution in [3.63, 3.8) is 0 Å². The second kappa shape index (κ2) is 76.3. The number of aliphatic hydroxyl groups is 1. The predicted molar refractivity (Wildman–Crippen MR) is 438 cm³/mol. The number of aliphatic carboxylic acids is 1. The lowest BCUT2D eigenvalue weighted by Gasteiger charge is -2.46. The minimum Gasteiger partial charge on any atom is -0.548 e. The van der Waals surface area contributed by atoms with Crippen LogP contribution >= 0.6 is 7.82 Å². The van der Waals surface area contributed by atoms with Crippen LogP contribution in [-0.4, -0.2) is 146 Å². The van der Waals surface area contributed by atoms with Crippen LogP contribution in [0, 0.1) is 0 Å². The molecule has 636 valence electrons. The van der Waals surface area contributed by atoms with Crippen LogP contribution in [-0.2, 0) is 52.0 Å². The van der Waals surface area contributed by atoms with Crippen LogP contribution in [0.3, 0.4) is 0 Å². The molecule has 1 saturated heterocycles. The second-order valence-corrected chi connectivity index (χ2v) is 32.6. The number of quaternary nitrogens is 1. The van der Waals surface area contributed by atoms with Crippen molar-refractivity contribution in [2.45, 2.75) is 483 Å². The lowest BCUT2D eigenvalue weighted by Crippen LogP contribution is -3.11. The van der Waals surface area contributed by atoms with Gasteiger partial charge in [-0.3, -0.25) is 18.9 Å². The molecule has 1 aliphatic rings. The van der Waals surface area contributed by atoms with E-state index < -0.39 is 99.7 Å². The van der Waals surface area contributed by atoms with Crippen molar-refractivity contribution in [2.24, 2.45) is 0 Å². The van der Waals surface area contributed by atoms with Gasteiger partial charge < -0.3 is 69.3 Å². The zero-order valence-electron chi connectivity index (χ0n) is 70.8. The Morgan fingerprint density at radius 1 is 0.402 bits per heavy atom. The molecule has 3 amide bonds. The van der Waals surface area contributed by atoms with Crippen molar-refractivity contribution in [3.05, 3.63) is 0 Å². The number of ether oxygens (including phenoxy) is 5. The highest BCUT2D eigenvalue weighted by molar-refractivity contribution is 7.46. The molecule has 19 nitrogen and oxygen atoms in total. The topological polar surface area (TPSA) is 265 Å². The number of carbonyl (C=O) groups is 4. The van der Waals surface area contributed by atoms with Crippen LogP contribution in [0.1, 0.15) is 428 Å². The van der Waals surface area contributed by atoms with E-state index in [1.165, 1.54) is 199 Å². The van der Waals surface area contributed by atoms with Crippen molar-refractivity contribution >= 4 is 31.5 Å². The standard InChI is InChI=1S/C81H158N3O15P.C6H15N/c1-7-13-19-25-31-37-40-46-52-58-69(94-61-55-49-43-34-28-22-16-10-4)64-74(86)82-72(80(89)90)68-97-81-78(84-76(88)66-71(60-54-48-42-39-33-27-21-15-9-3)96-63-57-51-45-36-30-24-18-12-6)77(79(73(67-85)98-81)99-100(91,92)93)83-75(87)65-70(59-53-47-41-38-32-26-20-14-8-2)95-62-56-50-44-35-29-23-17-11-5;1-4-7(5-2)6-3/h69-73,77-79,81,85H,7-68H2,1-6H3,(H,82,86)(H,83,87)(H,84,88)(H,89,90)(H2,91,92,93);4-6H2,1-3H3/t69-,70-,71-,72+,73?,77-,78?,79-,81-;/m1./s1. The van der Waals surface area contributed by atoms with Gasteiger partial charge in [0.25, 0.3) is 0 Å². The fraction of sp³-hybridized carbons (Fsp3) is 0.954. The van der Waals surface area contributed by atoms with Crippen LogP contribution < -0.4 is 26.0 Å². The number of amides is 3. The van der Waals surface area contributed by atoms with Gasteiger partial charge in [0.05, 0.1) is 88.5 Å². The Hall–Kier alpha value is -2.29. The Morgan fingerprint density at radius 2 is 0.673 bits per heavy atom. The van der Waals surface area contributed by atoms with Gasteiger partial charge >= 0.3 is 7.82 Å². The van der Waals surface area contributed by atoms with Crippen molar-refractivity contribution in [3.8, 4) is 0 Å². The van der Waals surface area contributed by atoms with Crippen molar-refractivity contribution in [1.29, 1.82) is 0 Å². The smallest absolute Gasteiger partial charge is 0.470 e. The largest absolute Gasteiger partial charge is 0.548 e. The summed E-state index contributed by atoms with van der Waals surface area (Å²) in [6.45, 7) is 23.5. The number of hydrogen-bond acceptors (Lipinski definition) is 13. The molecule has 7 N–H and O–H groups in total. The summed E-state index contributed by atoms with van der Waals surface area (Å²) in [6.07, 6.45) is 52.5. The Balaban J connectivity index is 0.0000152. The molecule has 9 atom stereocenters. The van der Waals surface area contributed by atoms with E-state index in [9.17, 15) is 43.7 Å². The molecule has 0 aromatic carbocycles. The first-order chi connectivity index (χ1) is 52.0. The maximum absolute atomic E-state index is 14.9. The Bertz CT molecular complexity index is 1950. The molecule has 107 heavy (non-hydrogen) atoms. The van der Waals surface area contributed by atoms with E-state index in [0.717, 1.165) is 148 Å². The zero-order valence-corrected chi connectivity index (χ0v) is 71.7. The van der Waals surface area contributed by atoms with Crippen LogP contribution in [0.5, 0.6) is 0 Å². The number of rotatable bonds is 79. The average molecular weight is 1550 g/mol. The second-order valence-electron chi connectivity index (χ2n) is 31.4. The maximum atomic E-state index is 14.9. The molecule has 0 saturated carbocycles. The number of nitrogens with one attached hydrogen (secondary N) is 4. The van der Waals surface area contributed by atoms with Crippen molar-refractivity contribution < 1.29 is 76.9 Å². The van der Waals surface area contributed by atoms with Crippen LogP contribution in [0.15, 0.2) is 0 Å². The first kappa shape index (κ1) is 105. The number of hydrogen-bond donors (Lipinski definition) is 7. The van der Waals surface area contributed by atoms with Crippen molar-refractivity contribution in [2.75, 3.05) is 52.7 Å². The van der Waals surface area contributed by atoms with Gasteiger partial charge in [-0.05, 0) is 59.3 Å². The Kier molecular flexibility index (Phi) is 74.7. The predicted octanol–water partition coefficient (Wildman–Crippen LogP) is 18.8. The lowest BCUT2D eigenvalue weighted by molar-refractivity contribution is -0.894. The van der Waals surface area contributed by atoms with E-state index >= 15 is 0 Å². The molecule has 20 heteroatoms. The SMILES string of the molecule is CCCCCCCCCCC[C@H](CC(=O)NC1[C@H](OC[C@H](NC(=O)C[C@@H](CCCCCCCCCCC)OCCCCCCCCCC)C(=O)[O-])OC(CO)[C@@H](OP(=O)(O)O)[C@@H]1NC(=O)C[C@@H](CCCCCCCCCCC)OCCCCCCCCCC)OCCCCCCCCCC.CC[NH+](CC)CC. The number of carboxylic acids is 1. The maximum Gasteiger partial charge on any atom is 0.470 e. The highest BCUT2D eigenvalue weighted by atomic mass is 31.2. The lowest BCUT2D eigenvalue weighted by atomic mass is 9.93. The molecule has 0 aromatic rings. The van der Waals surface area contributed by atoms with Gasteiger partial charge in [0, 0.05) is 19.8 Å². The van der Waals surface area contributed by atoms with E-state index in [2.05, 4.69) is 78.3 Å². The van der Waals surface area contributed by atoms with Gasteiger partial charge in [-0.1, -0.05) is 350 Å². The number of phosphoric ester groups is 1. The van der Waals surface area contributed by atoms with E-state index in [1.54, 1.807) is 4.90 Å². The third-order valence-electron chi connectivity index (χ3n) is 21.5. The number of phosphoric acid groups is 1. The number of carbonyl (C=O) groups excluding carboxylic acids is 4. The highest BCUT2D eigenvalue weighted by Crippen LogP contribution is 2.42. The minimum atomic E-state index is -5.41. The summed E-state index contributed by atoms with van der Waals surface area (Å²) in [5.74, 6) is -3.33. The quantitative estimate of drug-likeness (QED) is 0.0220. The number of unbranched alkanes of at least 4 members (excludes halogenated alkanes) is 45. The van der Waals surface area contributed by atoms with Gasteiger partial charge in [0.2, 0.25) is 17.7 Å². The molecule has 0 bridgehead atoms. The van der Waals surface area contributed by atoms with Crippen molar-refractivity contribution in [1.82, 2.24) is 16.0 Å². The molecule has 1 fully saturated rings. The normalized spacial score (nSPS) is 17.2. The summed E-state index contributed by atoms with van der Waals surface area (Å²) in [7, 11) is -5.41. The number of carboxylic acid groups (broad SMARTS) is 1. The van der Waals surface area contributed by atoms with Crippen LogP contribution in [0.2, 0.25) is 0 Å². The zero-order chi connectivity index (χ0) is 78.9. The molecular formula is C87H173N4O15P. The van der Waals surface area contributed by atoms with E-state index in [0.29, 0.717) is 39.1 Å². The molecule has 0 aliphatic carbocycles. The van der Waals surface area contributed by atoms with Gasteiger partial charge in [0.15, 0.2) is 6.29 Å². The molecule has 0 aromatic heterocycles. The van der Waals surface area contributed by atoms with Gasteiger partial charge in [0.1, 0.15) is 18.2 Å². The minimum absolute atomic E-state index is 0.0944. The molecule has 0 spiro atoms. The summed E-state index contributed by atoms with van der Waals surface area (Å²) in [4.78, 5) is 79.5. The fourth-order valence-electron chi connectivity index (χ4n) is 14.6. The summed E-state index contributed by atoms with van der Waals surface area (Å²) in [5, 5.41) is 32.6. The molecular weight excluding hydrogens is 1370 g/mol. The molecule has 1 rings (SSSR count). The first-order valence-electron chi connectivity index (χ1n) is 45.4. The number of aliphatic hydroxyl groups excluding tert-OH is 1. The summed E-state index contributed by atoms with van der Waals surface area (Å²) < 4.78 is 50.5. The summed E-state index contributed by atoms with van der Waals surface area (Å²) in [5.41, 5.74) is 0. The Morgan fingerprint density at radius 3 is 0.935 bits per heavy atom. The third kappa shape index (κ3) is 63.8. The molecule has 1 aliphatic heterocycles. The van der Waals surface area contributed by atoms with Gasteiger partial charge in [-0.25, -0.2) is 4.57 Å². The highest BCUT2D eigenvalue weighted by Gasteiger charge is 2.51. The van der Waals surface area contributed by atoms with Crippen LogP contribution in [0.4, 0.5) is 0 Å². The molecule has 0 radical (unpaired) electrons. The average Bonchev–Trinajstić information content (AvgIpc) is 0.780.